The van der Waals surface area contributed by atoms with Crippen LogP contribution in [-0.2, 0) is 30.7 Å². The Morgan fingerprint density at radius 3 is 2.85 bits per heavy atom. The summed E-state index contributed by atoms with van der Waals surface area (Å²) < 4.78 is 36.6. The van der Waals surface area contributed by atoms with Crippen LogP contribution in [0.5, 0.6) is 6.01 Å². The Hall–Kier alpha value is -4.95. The maximum Gasteiger partial charge on any atom is 0.318 e. The van der Waals surface area contributed by atoms with Crippen molar-refractivity contribution in [1.29, 1.82) is 5.26 Å². The summed E-state index contributed by atoms with van der Waals surface area (Å²) in [7, 11) is 0. The van der Waals surface area contributed by atoms with Gasteiger partial charge in [-0.05, 0) is 67.5 Å². The van der Waals surface area contributed by atoms with E-state index in [2.05, 4.69) is 38.3 Å². The number of rotatable bonds is 8. The maximum atomic E-state index is 15.1. The quantitative estimate of drug-likeness (QED) is 0.270. The molecule has 11 nitrogen and oxygen atoms in total. The topological polar surface area (TPSA) is 122 Å². The fourth-order valence-corrected chi connectivity index (χ4v) is 9.58. The Balaban J connectivity index is 1.13. The van der Waals surface area contributed by atoms with E-state index in [1.165, 1.54) is 12.1 Å². The molecule has 3 fully saturated rings. The Kier molecular flexibility index (Phi) is 9.59. The van der Waals surface area contributed by atoms with Crippen molar-refractivity contribution in [3.05, 3.63) is 88.6 Å². The van der Waals surface area contributed by atoms with Crippen LogP contribution in [-0.4, -0.2) is 103 Å². The van der Waals surface area contributed by atoms with Crippen molar-refractivity contribution in [2.45, 2.75) is 88.1 Å². The zero-order valence-corrected chi connectivity index (χ0v) is 30.4. The van der Waals surface area contributed by atoms with Crippen LogP contribution in [0.15, 0.2) is 49.3 Å². The number of amides is 1. The zero-order valence-electron chi connectivity index (χ0n) is 30.4. The van der Waals surface area contributed by atoms with Gasteiger partial charge in [0.15, 0.2) is 0 Å². The summed E-state index contributed by atoms with van der Waals surface area (Å²) >= 11 is 0. The number of aromatic nitrogens is 3. The van der Waals surface area contributed by atoms with E-state index in [0.29, 0.717) is 64.2 Å². The van der Waals surface area contributed by atoms with Crippen LogP contribution < -0.4 is 9.64 Å². The highest BCUT2D eigenvalue weighted by molar-refractivity contribution is 5.88. The minimum Gasteiger partial charge on any atom is -0.461 e. The Morgan fingerprint density at radius 2 is 2.09 bits per heavy atom. The number of aliphatic hydroxyl groups is 1. The maximum absolute atomic E-state index is 15.1. The molecule has 0 spiro atoms. The first kappa shape index (κ1) is 36.0. The first-order valence-electron chi connectivity index (χ1n) is 18.7. The van der Waals surface area contributed by atoms with Crippen LogP contribution in [0.1, 0.15) is 65.7 Å². The summed E-state index contributed by atoms with van der Waals surface area (Å²) in [4.78, 5) is 35.4. The molecule has 8 rings (SSSR count). The molecule has 2 aromatic heterocycles. The molecule has 3 saturated heterocycles. The van der Waals surface area contributed by atoms with Crippen molar-refractivity contribution in [2.75, 3.05) is 37.7 Å². The monoisotopic (exact) mass is 734 g/mol. The van der Waals surface area contributed by atoms with E-state index in [1.54, 1.807) is 23.4 Å². The normalized spacial score (nSPS) is 29.2. The highest BCUT2D eigenvalue weighted by Gasteiger charge is 2.49. The number of carbonyl (C=O) groups excluding carboxylic acids is 1. The van der Waals surface area contributed by atoms with Crippen molar-refractivity contribution < 1.29 is 23.4 Å². The number of halogens is 2. The van der Waals surface area contributed by atoms with Crippen LogP contribution in [0.4, 0.5) is 14.6 Å². The lowest BCUT2D eigenvalue weighted by Gasteiger charge is -2.43. The van der Waals surface area contributed by atoms with Crippen LogP contribution in [0, 0.1) is 35.4 Å². The molecule has 5 aliphatic rings. The molecule has 280 valence electrons. The average Bonchev–Trinajstić information content (AvgIpc) is 3.59. The number of benzene rings is 1. The third-order valence-electron chi connectivity index (χ3n) is 12.1. The second kappa shape index (κ2) is 14.4. The Morgan fingerprint density at radius 1 is 1.24 bits per heavy atom. The summed E-state index contributed by atoms with van der Waals surface area (Å²) in [6, 6.07) is 8.66. The van der Waals surface area contributed by atoms with Crippen LogP contribution in [0.3, 0.4) is 0 Å². The van der Waals surface area contributed by atoms with Gasteiger partial charge in [0.25, 0.3) is 0 Å². The second-order valence-electron chi connectivity index (χ2n) is 15.6. The van der Waals surface area contributed by atoms with Crippen LogP contribution in [0.2, 0.25) is 0 Å². The third kappa shape index (κ3) is 6.48. The van der Waals surface area contributed by atoms with Gasteiger partial charge in [-0.25, -0.2) is 8.78 Å². The standard InChI is InChI=1S/C41H44F2N8O3/c1-4-31-33(43)9-8-26-14-30(52)15-35(38(26)31)48-12-10-32-34(22-48)46-40(54-24-41(3)16-28(42)20-50(41)19-25-7-6-11-45-18-25)47-39(32)49-21-29-13-27(17-44)36(23-49)51(29)37(53)5-2/h1,5-9,11,18,27-30,35-36,52H,2,10,12-16,19-24H2,3H3/t27?,28-,29-,30-,35-,36-,41+/m1/s1. The molecule has 1 amide bonds. The van der Waals surface area contributed by atoms with Gasteiger partial charge in [0.05, 0.1) is 47.0 Å². The number of terminal acetylenes is 1. The van der Waals surface area contributed by atoms with E-state index >= 15 is 8.78 Å². The lowest BCUT2D eigenvalue weighted by molar-refractivity contribution is -0.129. The number of nitrogens with zero attached hydrogens (tertiary/aromatic N) is 8. The first-order chi connectivity index (χ1) is 26.1. The molecule has 0 saturated carbocycles. The van der Waals surface area contributed by atoms with Gasteiger partial charge in [0.2, 0.25) is 5.91 Å². The molecule has 2 bridgehead atoms. The van der Waals surface area contributed by atoms with Crippen molar-refractivity contribution in [2.24, 2.45) is 5.92 Å². The molecule has 0 radical (unpaired) electrons. The van der Waals surface area contributed by atoms with Crippen molar-refractivity contribution in [1.82, 2.24) is 29.7 Å². The predicted molar refractivity (Wildman–Crippen MR) is 196 cm³/mol. The summed E-state index contributed by atoms with van der Waals surface area (Å²) in [5.41, 5.74) is 3.82. The fraction of sp³-hybridized carbons (Fsp3) is 0.488. The molecule has 6 heterocycles. The van der Waals surface area contributed by atoms with E-state index in [1.807, 2.05) is 19.1 Å². The van der Waals surface area contributed by atoms with E-state index in [0.717, 1.165) is 27.9 Å². The molecule has 1 aromatic carbocycles. The molecule has 54 heavy (non-hydrogen) atoms. The fourth-order valence-electron chi connectivity index (χ4n) is 9.58. The highest BCUT2D eigenvalue weighted by Crippen LogP contribution is 2.43. The summed E-state index contributed by atoms with van der Waals surface area (Å²) in [6.07, 6.45) is 11.2. The molecule has 1 N–H and O–H groups in total. The number of alkyl halides is 1. The smallest absolute Gasteiger partial charge is 0.318 e. The molecule has 3 aromatic rings. The number of anilines is 1. The third-order valence-corrected chi connectivity index (χ3v) is 12.1. The molecular weight excluding hydrogens is 690 g/mol. The average molecular weight is 735 g/mol. The molecule has 4 aliphatic heterocycles. The summed E-state index contributed by atoms with van der Waals surface area (Å²) in [5, 5.41) is 21.0. The number of nitriles is 1. The van der Waals surface area contributed by atoms with Gasteiger partial charge in [0.1, 0.15) is 24.4 Å². The number of fused-ring (bicyclic) bond motifs is 4. The number of pyridine rings is 1. The van der Waals surface area contributed by atoms with Gasteiger partial charge in [-0.2, -0.15) is 15.2 Å². The Bertz CT molecular complexity index is 2040. The highest BCUT2D eigenvalue weighted by atomic mass is 19.1. The number of hydrogen-bond acceptors (Lipinski definition) is 10. The second-order valence-corrected chi connectivity index (χ2v) is 15.6. The molecular formula is C41H44F2N8O3. The lowest BCUT2D eigenvalue weighted by Crippen LogP contribution is -2.57. The van der Waals surface area contributed by atoms with E-state index < -0.39 is 23.6 Å². The van der Waals surface area contributed by atoms with E-state index in [-0.39, 0.29) is 61.1 Å². The predicted octanol–water partition coefficient (Wildman–Crippen LogP) is 3.90. The van der Waals surface area contributed by atoms with Crippen molar-refractivity contribution in [3.63, 3.8) is 0 Å². The SMILES string of the molecule is C#Cc1c(F)ccc2c1[C@H](N1CCc3c(nc(OC[C@]4(C)C[C@@H](F)CN4Cc4cccnc4)nc3N3C[C@H]4CC(C#N)[C@@H](C3)N4C(=O)C=C)C1)C[C@H](O)C2. The number of piperazine rings is 1. The molecule has 1 unspecified atom stereocenters. The first-order valence-corrected chi connectivity index (χ1v) is 18.7. The van der Waals surface area contributed by atoms with Gasteiger partial charge in [-0.1, -0.05) is 24.6 Å². The molecule has 7 atom stereocenters. The summed E-state index contributed by atoms with van der Waals surface area (Å²) in [6.45, 7) is 8.47. The van der Waals surface area contributed by atoms with Gasteiger partial charge < -0.3 is 19.6 Å². The van der Waals surface area contributed by atoms with E-state index in [4.69, 9.17) is 21.1 Å². The number of aliphatic hydroxyl groups excluding tert-OH is 1. The van der Waals surface area contributed by atoms with Gasteiger partial charge in [-0.3, -0.25) is 19.6 Å². The van der Waals surface area contributed by atoms with Gasteiger partial charge in [0, 0.05) is 69.7 Å². The molecule has 1 aliphatic carbocycles. The number of hydrogen-bond donors (Lipinski definition) is 1. The molecule has 13 heteroatoms. The van der Waals surface area contributed by atoms with Crippen molar-refractivity contribution in [3.8, 4) is 24.4 Å². The summed E-state index contributed by atoms with van der Waals surface area (Å²) in [5.74, 6) is 2.30. The van der Waals surface area contributed by atoms with Gasteiger partial charge in [-0.15, -0.1) is 6.42 Å². The zero-order chi connectivity index (χ0) is 37.7. The van der Waals surface area contributed by atoms with Crippen LogP contribution in [0.25, 0.3) is 0 Å². The largest absolute Gasteiger partial charge is 0.461 e. The Labute approximate surface area is 314 Å². The minimum absolute atomic E-state index is 0.145. The van der Waals surface area contributed by atoms with E-state index in [9.17, 15) is 15.2 Å². The number of ether oxygens (including phenoxy) is 1. The number of carbonyl (C=O) groups is 1. The van der Waals surface area contributed by atoms with Crippen LogP contribution >= 0.6 is 0 Å². The number of likely N-dealkylation sites (tertiary alicyclic amines) is 1. The van der Waals surface area contributed by atoms with Gasteiger partial charge >= 0.3 is 6.01 Å². The van der Waals surface area contributed by atoms with Crippen molar-refractivity contribution >= 4 is 11.7 Å². The minimum atomic E-state index is -1.02. The lowest BCUT2D eigenvalue weighted by atomic mass is 9.81.